The van der Waals surface area contributed by atoms with Crippen LogP contribution in [0.3, 0.4) is 0 Å². The summed E-state index contributed by atoms with van der Waals surface area (Å²) in [4.78, 5) is 4.33. The first-order chi connectivity index (χ1) is 11.9. The molecular formula is C16H17N5O2S. The zero-order valence-electron chi connectivity index (χ0n) is 13.0. The van der Waals surface area contributed by atoms with Gasteiger partial charge in [0.15, 0.2) is 5.76 Å². The molecule has 0 bridgehead atoms. The summed E-state index contributed by atoms with van der Waals surface area (Å²) >= 11 is 1.51. The Labute approximate surface area is 143 Å². The van der Waals surface area contributed by atoms with Crippen LogP contribution in [0.1, 0.15) is 18.7 Å². The highest BCUT2D eigenvalue weighted by molar-refractivity contribution is 7.98. The molecule has 0 radical (unpaired) electrons. The van der Waals surface area contributed by atoms with Crippen LogP contribution in [0.4, 0.5) is 0 Å². The van der Waals surface area contributed by atoms with Crippen molar-refractivity contribution in [2.24, 2.45) is 0 Å². The van der Waals surface area contributed by atoms with Gasteiger partial charge in [0.25, 0.3) is 0 Å². The monoisotopic (exact) mass is 343 g/mol. The number of ether oxygens (including phenoxy) is 1. The first kappa shape index (κ1) is 15.3. The van der Waals surface area contributed by atoms with E-state index >= 15 is 0 Å². The van der Waals surface area contributed by atoms with E-state index < -0.39 is 0 Å². The van der Waals surface area contributed by atoms with Crippen LogP contribution >= 0.6 is 11.8 Å². The van der Waals surface area contributed by atoms with E-state index in [0.717, 1.165) is 35.9 Å². The van der Waals surface area contributed by atoms with Crippen molar-refractivity contribution in [2.45, 2.75) is 36.4 Å². The predicted octanol–water partition coefficient (Wildman–Crippen LogP) is 2.80. The van der Waals surface area contributed by atoms with Gasteiger partial charge >= 0.3 is 0 Å². The van der Waals surface area contributed by atoms with E-state index in [1.54, 1.807) is 10.9 Å². The van der Waals surface area contributed by atoms with Crippen molar-refractivity contribution in [1.82, 2.24) is 25.2 Å². The van der Waals surface area contributed by atoms with Gasteiger partial charge < -0.3 is 9.15 Å². The fourth-order valence-electron chi connectivity index (χ4n) is 2.63. The number of tetrazole rings is 1. The number of hydrogen-bond donors (Lipinski definition) is 0. The molecule has 3 aromatic rings. The summed E-state index contributed by atoms with van der Waals surface area (Å²) in [5.74, 6) is 2.01. The van der Waals surface area contributed by atoms with E-state index in [-0.39, 0.29) is 6.10 Å². The molecule has 1 aliphatic heterocycles. The molecule has 0 spiro atoms. The lowest BCUT2D eigenvalue weighted by Crippen LogP contribution is -2.16. The van der Waals surface area contributed by atoms with E-state index in [1.165, 1.54) is 11.8 Å². The second-order valence-electron chi connectivity index (χ2n) is 5.55. The minimum absolute atomic E-state index is 0.208. The molecule has 7 nitrogen and oxygen atoms in total. The quantitative estimate of drug-likeness (QED) is 0.637. The van der Waals surface area contributed by atoms with Crippen molar-refractivity contribution in [3.8, 4) is 11.3 Å². The van der Waals surface area contributed by atoms with Crippen LogP contribution < -0.4 is 0 Å². The van der Waals surface area contributed by atoms with Crippen LogP contribution in [0.5, 0.6) is 0 Å². The van der Waals surface area contributed by atoms with Gasteiger partial charge in [-0.25, -0.2) is 9.67 Å². The highest BCUT2D eigenvalue weighted by atomic mass is 32.2. The molecule has 0 saturated carbocycles. The number of nitrogens with zero attached hydrogens (tertiary/aromatic N) is 5. The molecule has 0 N–H and O–H groups in total. The molecule has 8 heteroatoms. The van der Waals surface area contributed by atoms with Gasteiger partial charge in [-0.15, -0.1) is 5.10 Å². The number of benzene rings is 1. The zero-order valence-corrected chi connectivity index (χ0v) is 13.9. The van der Waals surface area contributed by atoms with Gasteiger partial charge in [-0.2, -0.15) is 0 Å². The highest BCUT2D eigenvalue weighted by Gasteiger charge is 2.19. The minimum Gasteiger partial charge on any atom is -0.440 e. The Morgan fingerprint density at radius 1 is 1.25 bits per heavy atom. The Morgan fingerprint density at radius 3 is 3.00 bits per heavy atom. The summed E-state index contributed by atoms with van der Waals surface area (Å²) in [6.45, 7) is 1.52. The number of rotatable bonds is 6. The first-order valence-electron chi connectivity index (χ1n) is 7.89. The summed E-state index contributed by atoms with van der Waals surface area (Å²) < 4.78 is 13.2. The molecular weight excluding hydrogens is 326 g/mol. The minimum atomic E-state index is 0.208. The van der Waals surface area contributed by atoms with Gasteiger partial charge in [0.2, 0.25) is 11.0 Å². The molecule has 0 aliphatic carbocycles. The lowest BCUT2D eigenvalue weighted by molar-refractivity contribution is 0.0912. The van der Waals surface area contributed by atoms with Gasteiger partial charge in [0.1, 0.15) is 0 Å². The van der Waals surface area contributed by atoms with Gasteiger partial charge in [-0.1, -0.05) is 42.1 Å². The summed E-state index contributed by atoms with van der Waals surface area (Å²) in [7, 11) is 0. The first-order valence-corrected chi connectivity index (χ1v) is 8.88. The summed E-state index contributed by atoms with van der Waals surface area (Å²) in [5, 5.41) is 12.6. The van der Waals surface area contributed by atoms with Crippen LogP contribution in [-0.2, 0) is 17.0 Å². The zero-order chi connectivity index (χ0) is 16.2. The lowest BCUT2D eigenvalue weighted by atomic mass is 10.2. The number of oxazole rings is 1. The maximum absolute atomic E-state index is 5.81. The fraction of sp³-hybridized carbons (Fsp3) is 0.375. The predicted molar refractivity (Wildman–Crippen MR) is 88.3 cm³/mol. The maximum Gasteiger partial charge on any atom is 0.209 e. The average molecular weight is 343 g/mol. The second-order valence-corrected chi connectivity index (χ2v) is 6.49. The van der Waals surface area contributed by atoms with Crippen LogP contribution in [0.25, 0.3) is 11.3 Å². The van der Waals surface area contributed by atoms with Crippen molar-refractivity contribution in [3.05, 3.63) is 42.4 Å². The molecule has 24 heavy (non-hydrogen) atoms. The van der Waals surface area contributed by atoms with Crippen molar-refractivity contribution < 1.29 is 9.15 Å². The van der Waals surface area contributed by atoms with Gasteiger partial charge in [-0.3, -0.25) is 0 Å². The van der Waals surface area contributed by atoms with Crippen LogP contribution in [0.2, 0.25) is 0 Å². The average Bonchev–Trinajstić information content (AvgIpc) is 3.37. The van der Waals surface area contributed by atoms with Crippen molar-refractivity contribution in [1.29, 1.82) is 0 Å². The van der Waals surface area contributed by atoms with Crippen molar-refractivity contribution in [3.63, 3.8) is 0 Å². The number of aromatic nitrogens is 5. The molecule has 0 amide bonds. The third kappa shape index (κ3) is 3.49. The smallest absolute Gasteiger partial charge is 0.209 e. The van der Waals surface area contributed by atoms with Crippen molar-refractivity contribution >= 4 is 11.8 Å². The molecule has 2 aromatic heterocycles. The Morgan fingerprint density at radius 2 is 2.17 bits per heavy atom. The molecule has 1 fully saturated rings. The normalized spacial score (nSPS) is 17.4. The molecule has 3 heterocycles. The standard InChI is InChI=1S/C16H17N5O2S/c1-2-5-12(6-3-1)14-9-17-15(23-14)11-24-16-18-19-20-21(16)10-13-7-4-8-22-13/h1-3,5-6,9,13H,4,7-8,10-11H2/t13-/m0/s1. The summed E-state index contributed by atoms with van der Waals surface area (Å²) in [5.41, 5.74) is 1.02. The van der Waals surface area contributed by atoms with E-state index in [4.69, 9.17) is 9.15 Å². The Balaban J connectivity index is 1.39. The Kier molecular flexibility index (Phi) is 4.57. The number of thioether (sulfide) groups is 1. The van der Waals surface area contributed by atoms with Gasteiger partial charge in [-0.05, 0) is 23.3 Å². The fourth-order valence-corrected chi connectivity index (χ4v) is 3.38. The Hall–Kier alpha value is -2.19. The molecule has 1 atom stereocenters. The topological polar surface area (TPSA) is 78.9 Å². The van der Waals surface area contributed by atoms with E-state index in [0.29, 0.717) is 18.2 Å². The molecule has 4 rings (SSSR count). The summed E-state index contributed by atoms with van der Waals surface area (Å²) in [6.07, 6.45) is 4.12. The van der Waals surface area contributed by atoms with Gasteiger partial charge in [0.05, 0.1) is 24.6 Å². The van der Waals surface area contributed by atoms with E-state index in [9.17, 15) is 0 Å². The SMILES string of the molecule is c1ccc(-c2cnc(CSc3nnnn3C[C@@H]3CCCO3)o2)cc1. The van der Waals surface area contributed by atoms with E-state index in [2.05, 4.69) is 20.5 Å². The second kappa shape index (κ2) is 7.14. The lowest BCUT2D eigenvalue weighted by Gasteiger charge is -2.09. The highest BCUT2D eigenvalue weighted by Crippen LogP contribution is 2.25. The maximum atomic E-state index is 5.81. The Bertz CT molecular complexity index is 783. The molecule has 0 unspecified atom stereocenters. The summed E-state index contributed by atoms with van der Waals surface area (Å²) in [6, 6.07) is 9.93. The number of hydrogen-bond acceptors (Lipinski definition) is 7. The van der Waals surface area contributed by atoms with Crippen molar-refractivity contribution in [2.75, 3.05) is 6.61 Å². The van der Waals surface area contributed by atoms with Crippen LogP contribution in [0.15, 0.2) is 46.1 Å². The molecule has 124 valence electrons. The molecule has 1 aliphatic rings. The van der Waals surface area contributed by atoms with E-state index in [1.807, 2.05) is 30.3 Å². The van der Waals surface area contributed by atoms with Gasteiger partial charge in [0, 0.05) is 12.2 Å². The third-order valence-corrected chi connectivity index (χ3v) is 4.78. The van der Waals surface area contributed by atoms with Crippen LogP contribution in [0, 0.1) is 0 Å². The molecule has 1 saturated heterocycles. The molecule has 1 aromatic carbocycles. The largest absolute Gasteiger partial charge is 0.440 e. The third-order valence-electron chi connectivity index (χ3n) is 3.84. The van der Waals surface area contributed by atoms with Crippen LogP contribution in [-0.4, -0.2) is 37.9 Å².